The van der Waals surface area contributed by atoms with Crippen LogP contribution >= 0.6 is 22.9 Å². The third kappa shape index (κ3) is 4.05. The molecule has 0 unspecified atom stereocenters. The number of anilines is 1. The average molecular weight is 453 g/mol. The summed E-state index contributed by atoms with van der Waals surface area (Å²) in [5.74, 6) is 0.879. The summed E-state index contributed by atoms with van der Waals surface area (Å²) in [6, 6.07) is 7.39. The minimum atomic E-state index is -3.56. The van der Waals surface area contributed by atoms with Crippen molar-refractivity contribution < 1.29 is 12.8 Å². The summed E-state index contributed by atoms with van der Waals surface area (Å²) >= 11 is 7.31. The van der Waals surface area contributed by atoms with Crippen molar-refractivity contribution in [2.75, 3.05) is 31.1 Å². The van der Waals surface area contributed by atoms with Crippen molar-refractivity contribution in [3.8, 4) is 11.5 Å². The smallest absolute Gasteiger partial charge is 0.252 e. The van der Waals surface area contributed by atoms with Gasteiger partial charge in [0.15, 0.2) is 0 Å². The Morgan fingerprint density at radius 2 is 1.93 bits per heavy atom. The van der Waals surface area contributed by atoms with Gasteiger partial charge in [0.1, 0.15) is 4.21 Å². The summed E-state index contributed by atoms with van der Waals surface area (Å²) in [4.78, 5) is 2.18. The molecule has 3 aromatic rings. The third-order valence-electron chi connectivity index (χ3n) is 4.94. The Hall–Kier alpha value is -1.94. The number of hydrogen-bond acceptors (Lipinski definition) is 7. The van der Waals surface area contributed by atoms with Crippen molar-refractivity contribution >= 4 is 38.6 Å². The highest BCUT2D eigenvalue weighted by Crippen LogP contribution is 2.31. The first-order valence-corrected chi connectivity index (χ1v) is 12.0. The van der Waals surface area contributed by atoms with E-state index in [0.717, 1.165) is 11.3 Å². The molecule has 154 valence electrons. The van der Waals surface area contributed by atoms with Crippen molar-refractivity contribution in [1.29, 1.82) is 0 Å². The van der Waals surface area contributed by atoms with Crippen LogP contribution in [0.4, 0.5) is 5.69 Å². The average Bonchev–Trinajstić information content (AvgIpc) is 3.39. The van der Waals surface area contributed by atoms with Gasteiger partial charge in [-0.25, -0.2) is 8.42 Å². The van der Waals surface area contributed by atoms with Gasteiger partial charge < -0.3 is 9.32 Å². The largest absolute Gasteiger partial charge is 0.421 e. The molecule has 7 nitrogen and oxygen atoms in total. The Bertz CT molecular complexity index is 1120. The SMILES string of the molecule is CCc1nnc(-c2csc(S(=O)(=O)N3CCN(c4cc(Cl)ccc4C)CC3)c2)o1. The van der Waals surface area contributed by atoms with Crippen LogP contribution < -0.4 is 4.90 Å². The highest BCUT2D eigenvalue weighted by atomic mass is 35.5. The van der Waals surface area contributed by atoms with Gasteiger partial charge in [-0.15, -0.1) is 21.5 Å². The van der Waals surface area contributed by atoms with Gasteiger partial charge in [0, 0.05) is 48.7 Å². The van der Waals surface area contributed by atoms with E-state index >= 15 is 0 Å². The number of hydrogen-bond donors (Lipinski definition) is 0. The normalized spacial score (nSPS) is 15.8. The minimum Gasteiger partial charge on any atom is -0.421 e. The fraction of sp³-hybridized carbons (Fsp3) is 0.368. The highest BCUT2D eigenvalue weighted by molar-refractivity contribution is 7.91. The van der Waals surface area contributed by atoms with Crippen LogP contribution in [0.3, 0.4) is 0 Å². The monoisotopic (exact) mass is 452 g/mol. The van der Waals surface area contributed by atoms with Crippen LogP contribution in [0.5, 0.6) is 0 Å². The topological polar surface area (TPSA) is 79.5 Å². The van der Waals surface area contributed by atoms with Crippen LogP contribution in [-0.2, 0) is 16.4 Å². The number of aryl methyl sites for hydroxylation is 2. The number of halogens is 1. The van der Waals surface area contributed by atoms with Crippen LogP contribution in [0.15, 0.2) is 38.3 Å². The van der Waals surface area contributed by atoms with Crippen molar-refractivity contribution in [3.63, 3.8) is 0 Å². The molecule has 4 rings (SSSR count). The third-order valence-corrected chi connectivity index (χ3v) is 8.49. The van der Waals surface area contributed by atoms with E-state index in [1.54, 1.807) is 11.4 Å². The van der Waals surface area contributed by atoms with Crippen LogP contribution in [0, 0.1) is 6.92 Å². The molecular weight excluding hydrogens is 432 g/mol. The van der Waals surface area contributed by atoms with Crippen molar-refractivity contribution in [2.45, 2.75) is 24.5 Å². The fourth-order valence-corrected chi connectivity index (χ4v) is 6.19. The number of sulfonamides is 1. The molecule has 0 radical (unpaired) electrons. The van der Waals surface area contributed by atoms with Gasteiger partial charge in [-0.05, 0) is 30.7 Å². The minimum absolute atomic E-state index is 0.288. The van der Waals surface area contributed by atoms with Gasteiger partial charge in [-0.2, -0.15) is 4.31 Å². The van der Waals surface area contributed by atoms with Gasteiger partial charge in [-0.1, -0.05) is 24.6 Å². The predicted octanol–water partition coefficient (Wildman–Crippen LogP) is 3.83. The molecule has 1 fully saturated rings. The van der Waals surface area contributed by atoms with Crippen LogP contribution in [-0.4, -0.2) is 49.1 Å². The number of benzene rings is 1. The Labute approximate surface area is 179 Å². The zero-order valence-corrected chi connectivity index (χ0v) is 18.5. The van der Waals surface area contributed by atoms with Gasteiger partial charge in [0.05, 0.1) is 5.56 Å². The summed E-state index contributed by atoms with van der Waals surface area (Å²) in [6.07, 6.45) is 0.638. The maximum atomic E-state index is 13.1. The van der Waals surface area contributed by atoms with Crippen LogP contribution in [0.25, 0.3) is 11.5 Å². The maximum absolute atomic E-state index is 13.1. The van der Waals surface area contributed by atoms with Crippen molar-refractivity contribution in [2.24, 2.45) is 0 Å². The summed E-state index contributed by atoms with van der Waals surface area (Å²) in [6.45, 7) is 6.02. The maximum Gasteiger partial charge on any atom is 0.252 e. The van der Waals surface area contributed by atoms with E-state index in [2.05, 4.69) is 15.1 Å². The van der Waals surface area contributed by atoms with Crippen LogP contribution in [0.2, 0.25) is 5.02 Å². The Kier molecular flexibility index (Phi) is 5.65. The Morgan fingerprint density at radius 3 is 2.62 bits per heavy atom. The predicted molar refractivity (Wildman–Crippen MR) is 114 cm³/mol. The molecule has 3 heterocycles. The molecule has 29 heavy (non-hydrogen) atoms. The zero-order valence-electron chi connectivity index (χ0n) is 16.1. The number of aromatic nitrogens is 2. The lowest BCUT2D eigenvalue weighted by Crippen LogP contribution is -2.48. The highest BCUT2D eigenvalue weighted by Gasteiger charge is 2.30. The van der Waals surface area contributed by atoms with Gasteiger partial charge in [0.2, 0.25) is 11.8 Å². The van der Waals surface area contributed by atoms with E-state index in [0.29, 0.717) is 55.0 Å². The lowest BCUT2D eigenvalue weighted by atomic mass is 10.1. The lowest BCUT2D eigenvalue weighted by molar-refractivity contribution is 0.385. The zero-order chi connectivity index (χ0) is 20.6. The first-order valence-electron chi connectivity index (χ1n) is 9.31. The first-order chi connectivity index (χ1) is 13.9. The molecular formula is C19H21ClN4O3S2. The van der Waals surface area contributed by atoms with Crippen LogP contribution in [0.1, 0.15) is 18.4 Å². The molecule has 0 N–H and O–H groups in total. The lowest BCUT2D eigenvalue weighted by Gasteiger charge is -2.36. The molecule has 1 aliphatic rings. The first kappa shape index (κ1) is 20.3. The molecule has 0 amide bonds. The van der Waals surface area contributed by atoms with E-state index in [1.165, 1.54) is 15.6 Å². The Balaban J connectivity index is 1.48. The molecule has 0 aliphatic carbocycles. The number of rotatable bonds is 5. The molecule has 0 spiro atoms. The molecule has 1 aromatic carbocycles. The van der Waals surface area contributed by atoms with Gasteiger partial charge >= 0.3 is 0 Å². The van der Waals surface area contributed by atoms with E-state index in [9.17, 15) is 8.42 Å². The van der Waals surface area contributed by atoms with Gasteiger partial charge in [0.25, 0.3) is 10.0 Å². The summed E-state index contributed by atoms with van der Waals surface area (Å²) in [5.41, 5.74) is 2.81. The van der Waals surface area contributed by atoms with E-state index < -0.39 is 10.0 Å². The van der Waals surface area contributed by atoms with E-state index in [1.807, 2.05) is 32.0 Å². The molecule has 0 bridgehead atoms. The molecule has 0 atom stereocenters. The van der Waals surface area contributed by atoms with Crippen molar-refractivity contribution in [1.82, 2.24) is 14.5 Å². The fourth-order valence-electron chi connectivity index (χ4n) is 3.30. The van der Waals surface area contributed by atoms with E-state index in [4.69, 9.17) is 16.0 Å². The number of nitrogens with zero attached hydrogens (tertiary/aromatic N) is 4. The Morgan fingerprint density at radius 1 is 1.17 bits per heavy atom. The molecule has 0 saturated carbocycles. The van der Waals surface area contributed by atoms with Gasteiger partial charge in [-0.3, -0.25) is 0 Å². The second-order valence-corrected chi connectivity index (χ2v) is 10.3. The standard InChI is InChI=1S/C19H21ClN4O3S2/c1-3-17-21-22-19(27-17)14-10-18(28-12-14)29(25,26)24-8-6-23(7-9-24)16-11-15(20)5-4-13(16)2/h4-5,10-12H,3,6-9H2,1-2H3. The molecule has 1 aliphatic heterocycles. The second-order valence-electron chi connectivity index (χ2n) is 6.83. The number of piperazine rings is 1. The molecule has 1 saturated heterocycles. The summed E-state index contributed by atoms with van der Waals surface area (Å²) in [5, 5.41) is 10.3. The summed E-state index contributed by atoms with van der Waals surface area (Å²) < 4.78 is 33.5. The summed E-state index contributed by atoms with van der Waals surface area (Å²) in [7, 11) is -3.56. The number of thiophene rings is 1. The van der Waals surface area contributed by atoms with Crippen molar-refractivity contribution in [3.05, 3.63) is 46.1 Å². The van der Waals surface area contributed by atoms with E-state index in [-0.39, 0.29) is 4.21 Å². The molecule has 10 heteroatoms. The quantitative estimate of drug-likeness (QED) is 0.585. The second kappa shape index (κ2) is 8.06. The molecule has 2 aromatic heterocycles.